The lowest BCUT2D eigenvalue weighted by atomic mass is 10.3. The number of hydrogen-bond acceptors (Lipinski definition) is 5. The average Bonchev–Trinajstić information content (AvgIpc) is 2.72. The third-order valence-electron chi connectivity index (χ3n) is 2.61. The van der Waals surface area contributed by atoms with Crippen molar-refractivity contribution in [3.05, 3.63) is 51.5 Å². The van der Waals surface area contributed by atoms with Crippen molar-refractivity contribution >= 4 is 22.7 Å². The molecule has 2 aromatic rings. The molecular formula is C12H11N3O5. The van der Waals surface area contributed by atoms with E-state index < -0.39 is 10.7 Å². The third-order valence-corrected chi connectivity index (χ3v) is 2.61. The third kappa shape index (κ3) is 2.58. The van der Waals surface area contributed by atoms with Crippen molar-refractivity contribution in [2.75, 3.05) is 6.54 Å². The van der Waals surface area contributed by atoms with Crippen LogP contribution in [0.25, 0.3) is 11.1 Å². The summed E-state index contributed by atoms with van der Waals surface area (Å²) in [7, 11) is 0. The highest BCUT2D eigenvalue weighted by Crippen LogP contribution is 2.19. The maximum absolute atomic E-state index is 11.7. The van der Waals surface area contributed by atoms with Crippen LogP contribution >= 0.6 is 0 Å². The number of nitrogens with zero attached hydrogens (tertiary/aromatic N) is 2. The van der Waals surface area contributed by atoms with Gasteiger partial charge in [-0.3, -0.25) is 19.5 Å². The van der Waals surface area contributed by atoms with Gasteiger partial charge in [-0.05, 0) is 6.07 Å². The number of carbonyl (C=O) groups excluding carboxylic acids is 1. The molecule has 0 atom stereocenters. The zero-order chi connectivity index (χ0) is 14.7. The predicted octanol–water partition coefficient (Wildman–Crippen LogP) is 0.805. The smallest absolute Gasteiger partial charge is 0.407 e. The molecule has 20 heavy (non-hydrogen) atoms. The molecule has 0 fully saturated rings. The Morgan fingerprint density at radius 2 is 2.30 bits per heavy atom. The summed E-state index contributed by atoms with van der Waals surface area (Å²) in [5.74, 6) is -1.12. The normalized spacial score (nSPS) is 10.4. The summed E-state index contributed by atoms with van der Waals surface area (Å²) < 4.78 is 6.01. The van der Waals surface area contributed by atoms with Crippen molar-refractivity contribution < 1.29 is 14.1 Å². The number of nitro benzene ring substituents is 1. The first-order valence-corrected chi connectivity index (χ1v) is 5.68. The number of hydrogen-bond donors (Lipinski definition) is 1. The van der Waals surface area contributed by atoms with E-state index in [1.807, 2.05) is 0 Å². The highest BCUT2D eigenvalue weighted by molar-refractivity contribution is 5.80. The Kier molecular flexibility index (Phi) is 3.65. The molecule has 0 aliphatic heterocycles. The molecule has 0 aliphatic rings. The Labute approximate surface area is 112 Å². The van der Waals surface area contributed by atoms with E-state index in [-0.39, 0.29) is 30.3 Å². The largest absolute Gasteiger partial charge is 0.420 e. The lowest BCUT2D eigenvalue weighted by Gasteiger charge is -2.02. The number of nitrogens with one attached hydrogen (secondary N) is 1. The summed E-state index contributed by atoms with van der Waals surface area (Å²) >= 11 is 0. The first kappa shape index (κ1) is 13.5. The van der Waals surface area contributed by atoms with E-state index in [9.17, 15) is 19.7 Å². The number of benzene rings is 1. The molecule has 1 aromatic heterocycles. The van der Waals surface area contributed by atoms with E-state index in [4.69, 9.17) is 4.42 Å². The van der Waals surface area contributed by atoms with Gasteiger partial charge in [-0.2, -0.15) is 0 Å². The highest BCUT2D eigenvalue weighted by Gasteiger charge is 2.15. The van der Waals surface area contributed by atoms with Crippen molar-refractivity contribution in [3.8, 4) is 0 Å². The summed E-state index contributed by atoms with van der Waals surface area (Å²) in [4.78, 5) is 33.3. The van der Waals surface area contributed by atoms with Gasteiger partial charge in [-0.15, -0.1) is 6.58 Å². The second kappa shape index (κ2) is 5.39. The lowest BCUT2D eigenvalue weighted by Crippen LogP contribution is -2.30. The minimum atomic E-state index is -0.741. The number of rotatable bonds is 5. The van der Waals surface area contributed by atoms with Crippen LogP contribution in [0.3, 0.4) is 0 Å². The number of aromatic nitrogens is 1. The molecule has 0 radical (unpaired) electrons. The standard InChI is InChI=1S/C12H11N3O5/c1-2-5-13-11(16)7-14-9-4-3-8(15(18)19)6-10(9)20-12(14)17/h2-4,6H,1,5,7H2,(H,13,16). The zero-order valence-electron chi connectivity index (χ0n) is 10.4. The number of amides is 1. The van der Waals surface area contributed by atoms with Gasteiger partial charge in [0.1, 0.15) is 6.54 Å². The molecule has 1 heterocycles. The molecule has 0 aliphatic carbocycles. The molecule has 8 nitrogen and oxygen atoms in total. The van der Waals surface area contributed by atoms with Crippen molar-refractivity contribution in [1.82, 2.24) is 9.88 Å². The van der Waals surface area contributed by atoms with Crippen LogP contribution in [0.1, 0.15) is 0 Å². The molecule has 8 heteroatoms. The van der Waals surface area contributed by atoms with Crippen LogP contribution in [-0.4, -0.2) is 21.9 Å². The van der Waals surface area contributed by atoms with Crippen LogP contribution < -0.4 is 11.1 Å². The van der Waals surface area contributed by atoms with Crippen molar-refractivity contribution in [3.63, 3.8) is 0 Å². The fraction of sp³-hybridized carbons (Fsp3) is 0.167. The van der Waals surface area contributed by atoms with Gasteiger partial charge in [0.05, 0.1) is 16.5 Å². The second-order valence-electron chi connectivity index (χ2n) is 3.96. The van der Waals surface area contributed by atoms with Gasteiger partial charge in [0.15, 0.2) is 5.58 Å². The summed E-state index contributed by atoms with van der Waals surface area (Å²) in [6.07, 6.45) is 1.51. The fourth-order valence-electron chi connectivity index (χ4n) is 1.70. The van der Waals surface area contributed by atoms with Crippen LogP contribution in [-0.2, 0) is 11.3 Å². The Bertz CT molecular complexity index is 743. The average molecular weight is 277 g/mol. The molecule has 0 saturated heterocycles. The molecule has 1 amide bonds. The van der Waals surface area contributed by atoms with Gasteiger partial charge in [0.2, 0.25) is 5.91 Å². The number of non-ortho nitro benzene ring substituents is 1. The van der Waals surface area contributed by atoms with E-state index >= 15 is 0 Å². The van der Waals surface area contributed by atoms with Crippen molar-refractivity contribution in [2.45, 2.75) is 6.54 Å². The van der Waals surface area contributed by atoms with E-state index in [0.29, 0.717) is 5.52 Å². The number of nitro groups is 1. The van der Waals surface area contributed by atoms with E-state index in [1.54, 1.807) is 0 Å². The quantitative estimate of drug-likeness (QED) is 0.494. The Morgan fingerprint density at radius 3 is 2.95 bits per heavy atom. The molecule has 104 valence electrons. The molecule has 1 N–H and O–H groups in total. The monoisotopic (exact) mass is 277 g/mol. The Balaban J connectivity index is 2.37. The highest BCUT2D eigenvalue weighted by atomic mass is 16.6. The van der Waals surface area contributed by atoms with E-state index in [2.05, 4.69) is 11.9 Å². The number of oxazole rings is 1. The Hall–Kier alpha value is -2.90. The van der Waals surface area contributed by atoms with Crippen LogP contribution in [0, 0.1) is 10.1 Å². The van der Waals surface area contributed by atoms with Gasteiger partial charge in [-0.1, -0.05) is 6.08 Å². The fourth-order valence-corrected chi connectivity index (χ4v) is 1.70. The van der Waals surface area contributed by atoms with Gasteiger partial charge < -0.3 is 9.73 Å². The lowest BCUT2D eigenvalue weighted by molar-refractivity contribution is -0.384. The summed E-state index contributed by atoms with van der Waals surface area (Å²) in [6, 6.07) is 3.77. The van der Waals surface area contributed by atoms with Crippen LogP contribution in [0.4, 0.5) is 5.69 Å². The van der Waals surface area contributed by atoms with Gasteiger partial charge >= 0.3 is 5.76 Å². The number of fused-ring (bicyclic) bond motifs is 1. The van der Waals surface area contributed by atoms with E-state index in [1.165, 1.54) is 18.2 Å². The van der Waals surface area contributed by atoms with Gasteiger partial charge in [-0.25, -0.2) is 4.79 Å². The summed E-state index contributed by atoms with van der Waals surface area (Å²) in [6.45, 7) is 3.52. The molecule has 1 aromatic carbocycles. The van der Waals surface area contributed by atoms with Crippen LogP contribution in [0.15, 0.2) is 40.1 Å². The second-order valence-corrected chi connectivity index (χ2v) is 3.96. The number of carbonyl (C=O) groups is 1. The van der Waals surface area contributed by atoms with Gasteiger partial charge in [0.25, 0.3) is 5.69 Å². The summed E-state index contributed by atoms with van der Waals surface area (Å²) in [5, 5.41) is 13.2. The van der Waals surface area contributed by atoms with E-state index in [0.717, 1.165) is 10.6 Å². The van der Waals surface area contributed by atoms with Crippen molar-refractivity contribution in [2.24, 2.45) is 0 Å². The minimum absolute atomic E-state index is 0.0701. The zero-order valence-corrected chi connectivity index (χ0v) is 10.4. The van der Waals surface area contributed by atoms with Crippen LogP contribution in [0.2, 0.25) is 0 Å². The maximum Gasteiger partial charge on any atom is 0.420 e. The first-order valence-electron chi connectivity index (χ1n) is 5.68. The predicted molar refractivity (Wildman–Crippen MR) is 70.3 cm³/mol. The van der Waals surface area contributed by atoms with Crippen molar-refractivity contribution in [1.29, 1.82) is 0 Å². The molecule has 0 unspecified atom stereocenters. The SMILES string of the molecule is C=CCNC(=O)Cn1c(=O)oc2cc([N+](=O)[O-])ccc21. The molecule has 0 bridgehead atoms. The van der Waals surface area contributed by atoms with Crippen LogP contribution in [0.5, 0.6) is 0 Å². The summed E-state index contributed by atoms with van der Waals surface area (Å²) in [5.41, 5.74) is 0.213. The minimum Gasteiger partial charge on any atom is -0.407 e. The molecular weight excluding hydrogens is 266 g/mol. The van der Waals surface area contributed by atoms with Gasteiger partial charge in [0, 0.05) is 12.6 Å². The first-order chi connectivity index (χ1) is 9.52. The topological polar surface area (TPSA) is 107 Å². The molecule has 2 rings (SSSR count). The molecule has 0 spiro atoms. The Morgan fingerprint density at radius 1 is 1.55 bits per heavy atom. The maximum atomic E-state index is 11.7. The molecule has 0 saturated carbocycles.